The molecule has 114 valence electrons. The molecule has 1 amide bonds. The van der Waals surface area contributed by atoms with E-state index in [4.69, 9.17) is 4.74 Å². The smallest absolute Gasteiger partial charge is 0.235 e. The van der Waals surface area contributed by atoms with Gasteiger partial charge in [0, 0.05) is 23.9 Å². The van der Waals surface area contributed by atoms with Crippen LogP contribution in [0.25, 0.3) is 4.96 Å². The van der Waals surface area contributed by atoms with Gasteiger partial charge in [-0.2, -0.15) is 4.52 Å². The van der Waals surface area contributed by atoms with Crippen LogP contribution in [-0.2, 0) is 4.79 Å². The first kappa shape index (κ1) is 14.8. The van der Waals surface area contributed by atoms with E-state index in [0.29, 0.717) is 17.9 Å². The molecule has 0 aliphatic carbocycles. The van der Waals surface area contributed by atoms with Crippen molar-refractivity contribution in [3.05, 3.63) is 30.6 Å². The lowest BCUT2D eigenvalue weighted by Crippen LogP contribution is -2.12. The maximum absolute atomic E-state index is 11.9. The second-order valence-corrected chi connectivity index (χ2v) is 6.60. The molecule has 0 unspecified atom stereocenters. The lowest BCUT2D eigenvalue weighted by molar-refractivity contribution is -0.115. The molecule has 0 saturated heterocycles. The Kier molecular flexibility index (Phi) is 4.54. The Bertz CT molecular complexity index is 757. The molecular formula is C13H13N5O2S2. The zero-order valence-corrected chi connectivity index (χ0v) is 13.4. The molecule has 22 heavy (non-hydrogen) atoms. The van der Waals surface area contributed by atoms with E-state index in [1.54, 1.807) is 24.0 Å². The Morgan fingerprint density at radius 2 is 2.41 bits per heavy atom. The number of anilines is 1. The number of nitrogens with one attached hydrogen (secondary N) is 1. The van der Waals surface area contributed by atoms with E-state index in [1.165, 1.54) is 23.1 Å². The molecule has 0 spiro atoms. The summed E-state index contributed by atoms with van der Waals surface area (Å²) in [7, 11) is 1.60. The largest absolute Gasteiger partial charge is 0.497 e. The lowest BCUT2D eigenvalue weighted by atomic mass is 10.3. The highest BCUT2D eigenvalue weighted by atomic mass is 32.2. The number of hydrogen-bond donors (Lipinski definition) is 1. The SMILES string of the molecule is COc1cccc(NC(=O)CCSc2nn3cnnc3s2)c1. The molecule has 2 aromatic heterocycles. The second-order valence-electron chi connectivity index (χ2n) is 4.30. The van der Waals surface area contributed by atoms with Crippen molar-refractivity contribution in [1.82, 2.24) is 19.8 Å². The van der Waals surface area contributed by atoms with Gasteiger partial charge in [-0.05, 0) is 12.1 Å². The number of carbonyl (C=O) groups excluding carboxylic acids is 1. The predicted molar refractivity (Wildman–Crippen MR) is 85.6 cm³/mol. The van der Waals surface area contributed by atoms with Gasteiger partial charge in [-0.25, -0.2) is 0 Å². The number of rotatable bonds is 6. The highest BCUT2D eigenvalue weighted by molar-refractivity contribution is 8.01. The molecule has 0 radical (unpaired) electrons. The summed E-state index contributed by atoms with van der Waals surface area (Å²) in [5.74, 6) is 1.33. The van der Waals surface area contributed by atoms with Crippen LogP contribution in [0.3, 0.4) is 0 Å². The van der Waals surface area contributed by atoms with Crippen LogP contribution in [0.15, 0.2) is 34.9 Å². The van der Waals surface area contributed by atoms with Gasteiger partial charge in [0.1, 0.15) is 12.1 Å². The number of aromatic nitrogens is 4. The van der Waals surface area contributed by atoms with Crippen molar-refractivity contribution in [3.8, 4) is 5.75 Å². The van der Waals surface area contributed by atoms with E-state index in [2.05, 4.69) is 20.6 Å². The van der Waals surface area contributed by atoms with E-state index in [-0.39, 0.29) is 5.91 Å². The molecule has 0 saturated carbocycles. The van der Waals surface area contributed by atoms with E-state index < -0.39 is 0 Å². The van der Waals surface area contributed by atoms with E-state index in [0.717, 1.165) is 15.0 Å². The van der Waals surface area contributed by atoms with Gasteiger partial charge in [0.25, 0.3) is 0 Å². The van der Waals surface area contributed by atoms with Crippen LogP contribution in [0.5, 0.6) is 5.75 Å². The first-order valence-corrected chi connectivity index (χ1v) is 8.28. The van der Waals surface area contributed by atoms with Crippen LogP contribution in [0.1, 0.15) is 6.42 Å². The maximum atomic E-state index is 11.9. The molecule has 7 nitrogen and oxygen atoms in total. The minimum absolute atomic E-state index is 0.0382. The van der Waals surface area contributed by atoms with E-state index in [9.17, 15) is 4.79 Å². The Balaban J connectivity index is 1.48. The minimum atomic E-state index is -0.0382. The molecule has 0 aliphatic heterocycles. The zero-order chi connectivity index (χ0) is 15.4. The number of carbonyl (C=O) groups is 1. The third kappa shape index (κ3) is 3.55. The van der Waals surface area contributed by atoms with E-state index >= 15 is 0 Å². The molecular weight excluding hydrogens is 322 g/mol. The standard InChI is InChI=1S/C13H13N5O2S2/c1-20-10-4-2-3-9(7-10)15-11(19)5-6-21-13-17-18-8-14-16-12(18)22-13/h2-4,7-8H,5-6H2,1H3,(H,15,19). The van der Waals surface area contributed by atoms with Gasteiger partial charge in [-0.1, -0.05) is 29.2 Å². The molecule has 0 aliphatic rings. The topological polar surface area (TPSA) is 81.4 Å². The average Bonchev–Trinajstić information content (AvgIpc) is 3.08. The fourth-order valence-electron chi connectivity index (χ4n) is 1.76. The molecule has 0 fully saturated rings. The van der Waals surface area contributed by atoms with Crippen LogP contribution in [0, 0.1) is 0 Å². The Hall–Kier alpha value is -2.13. The molecule has 0 bridgehead atoms. The Morgan fingerprint density at radius 3 is 3.23 bits per heavy atom. The van der Waals surface area contributed by atoms with Gasteiger partial charge in [-0.3, -0.25) is 4.79 Å². The monoisotopic (exact) mass is 335 g/mol. The van der Waals surface area contributed by atoms with Gasteiger partial charge in [0.15, 0.2) is 4.34 Å². The molecule has 0 atom stereocenters. The summed E-state index contributed by atoms with van der Waals surface area (Å²) in [6.07, 6.45) is 1.97. The summed E-state index contributed by atoms with van der Waals surface area (Å²) in [6.45, 7) is 0. The molecule has 3 rings (SSSR count). The third-order valence-electron chi connectivity index (χ3n) is 2.78. The van der Waals surface area contributed by atoms with Crippen LogP contribution in [0.4, 0.5) is 5.69 Å². The molecule has 2 heterocycles. The van der Waals surface area contributed by atoms with Gasteiger partial charge in [0.05, 0.1) is 7.11 Å². The van der Waals surface area contributed by atoms with Crippen LogP contribution in [-0.4, -0.2) is 38.6 Å². The number of hydrogen-bond acceptors (Lipinski definition) is 7. The fourth-order valence-corrected chi connectivity index (χ4v) is 3.63. The quantitative estimate of drug-likeness (QED) is 0.696. The molecule has 9 heteroatoms. The van der Waals surface area contributed by atoms with Gasteiger partial charge in [-0.15, -0.1) is 15.3 Å². The van der Waals surface area contributed by atoms with Crippen molar-refractivity contribution in [1.29, 1.82) is 0 Å². The molecule has 1 N–H and O–H groups in total. The summed E-state index contributed by atoms with van der Waals surface area (Å²) in [4.78, 5) is 12.7. The molecule has 3 aromatic rings. The average molecular weight is 335 g/mol. The van der Waals surface area contributed by atoms with Gasteiger partial charge >= 0.3 is 0 Å². The third-order valence-corrected chi connectivity index (χ3v) is 4.82. The van der Waals surface area contributed by atoms with Crippen LogP contribution < -0.4 is 10.1 Å². The van der Waals surface area contributed by atoms with Gasteiger partial charge in [0.2, 0.25) is 10.9 Å². The summed E-state index contributed by atoms with van der Waals surface area (Å²) in [5.41, 5.74) is 0.730. The summed E-state index contributed by atoms with van der Waals surface area (Å²) in [5, 5.41) is 14.8. The van der Waals surface area contributed by atoms with Crippen molar-refractivity contribution < 1.29 is 9.53 Å². The highest BCUT2D eigenvalue weighted by Gasteiger charge is 2.08. The normalized spacial score (nSPS) is 10.8. The maximum Gasteiger partial charge on any atom is 0.235 e. The van der Waals surface area contributed by atoms with Gasteiger partial charge < -0.3 is 10.1 Å². The summed E-state index contributed by atoms with van der Waals surface area (Å²) >= 11 is 2.99. The van der Waals surface area contributed by atoms with Crippen LogP contribution in [0.2, 0.25) is 0 Å². The molecule has 1 aromatic carbocycles. The number of benzene rings is 1. The van der Waals surface area contributed by atoms with Crippen molar-refractivity contribution in [2.24, 2.45) is 0 Å². The highest BCUT2D eigenvalue weighted by Crippen LogP contribution is 2.24. The lowest BCUT2D eigenvalue weighted by Gasteiger charge is -2.06. The number of amides is 1. The Labute approximate surface area is 134 Å². The van der Waals surface area contributed by atoms with Crippen LogP contribution >= 0.6 is 23.1 Å². The van der Waals surface area contributed by atoms with Crippen molar-refractivity contribution in [2.75, 3.05) is 18.2 Å². The second kappa shape index (κ2) is 6.75. The van der Waals surface area contributed by atoms with Crippen molar-refractivity contribution in [2.45, 2.75) is 10.8 Å². The number of nitrogens with zero attached hydrogens (tertiary/aromatic N) is 4. The first-order valence-electron chi connectivity index (χ1n) is 6.48. The number of fused-ring (bicyclic) bond motifs is 1. The Morgan fingerprint density at radius 1 is 1.50 bits per heavy atom. The van der Waals surface area contributed by atoms with E-state index in [1.807, 2.05) is 18.2 Å². The first-order chi connectivity index (χ1) is 10.7. The predicted octanol–water partition coefficient (Wildman–Crippen LogP) is 2.32. The summed E-state index contributed by atoms with van der Waals surface area (Å²) < 4.78 is 7.62. The number of methoxy groups -OCH3 is 1. The minimum Gasteiger partial charge on any atom is -0.497 e. The summed E-state index contributed by atoms with van der Waals surface area (Å²) in [6, 6.07) is 7.28. The number of thioether (sulfide) groups is 1. The van der Waals surface area contributed by atoms with Crippen molar-refractivity contribution >= 4 is 39.7 Å². The van der Waals surface area contributed by atoms with Crippen molar-refractivity contribution in [3.63, 3.8) is 0 Å². The zero-order valence-electron chi connectivity index (χ0n) is 11.7. The fraction of sp³-hybridized carbons (Fsp3) is 0.231. The number of ether oxygens (including phenoxy) is 1.